The molecule has 5 heavy (non-hydrogen) atoms. The normalized spacial score (nSPS) is 2.80. The van der Waals surface area contributed by atoms with Crippen LogP contribution in [0.15, 0.2) is 0 Å². The van der Waals surface area contributed by atoms with Crippen LogP contribution in [0.25, 0.3) is 0 Å². The minimum Gasteiger partial charge on any atom is -0.255 e. The number of hydrogen-bond acceptors (Lipinski definition) is 4. The molecule has 4 heteroatoms. The lowest BCUT2D eigenvalue weighted by atomic mass is 11.7. The largest absolute Gasteiger partial charge is 0.255 e. The molecule has 0 fully saturated rings. The Morgan fingerprint density at radius 3 is 1.60 bits per heavy atom. The molecule has 3 N–H and O–H groups in total. The highest BCUT2D eigenvalue weighted by molar-refractivity contribution is 5.26. The van der Waals surface area contributed by atoms with Crippen molar-refractivity contribution in [1.29, 1.82) is 5.41 Å². The second-order valence-corrected chi connectivity index (χ2v) is 0.102. The first-order chi connectivity index (χ1) is 2.41. The van der Waals surface area contributed by atoms with E-state index in [4.69, 9.17) is 20.7 Å². The Bertz CT molecular complexity index is 27.9. The summed E-state index contributed by atoms with van der Waals surface area (Å²) in [5.41, 5.74) is 0. The SMILES string of the molecule is N=C=O.OO. The maximum atomic E-state index is 8.35. The quantitative estimate of drug-likeness (QED) is 0.164. The summed E-state index contributed by atoms with van der Waals surface area (Å²) in [5, 5.41) is 17.4. The van der Waals surface area contributed by atoms with Gasteiger partial charge in [0.1, 0.15) is 0 Å². The van der Waals surface area contributed by atoms with Crippen LogP contribution in [0, 0.1) is 5.41 Å². The summed E-state index contributed by atoms with van der Waals surface area (Å²) in [4.78, 5) is 8.35. The number of rotatable bonds is 0. The van der Waals surface area contributed by atoms with Crippen LogP contribution in [-0.4, -0.2) is 16.6 Å². The molecule has 0 aliphatic carbocycles. The highest BCUT2D eigenvalue weighted by Gasteiger charge is 1.03. The lowest BCUT2D eigenvalue weighted by Gasteiger charge is -1.25. The van der Waals surface area contributed by atoms with Gasteiger partial charge in [-0.2, -0.15) is 0 Å². The number of carbonyl (C=O) groups excluding carboxylic acids is 1. The fraction of sp³-hybridized carbons (Fsp3) is 0. The van der Waals surface area contributed by atoms with Gasteiger partial charge in [-0.05, 0) is 0 Å². The van der Waals surface area contributed by atoms with Crippen LogP contribution in [0.3, 0.4) is 0 Å². The van der Waals surface area contributed by atoms with Gasteiger partial charge < -0.3 is 0 Å². The van der Waals surface area contributed by atoms with E-state index >= 15 is 0 Å². The zero-order valence-corrected chi connectivity index (χ0v) is 2.30. The Morgan fingerprint density at radius 2 is 1.60 bits per heavy atom. The van der Waals surface area contributed by atoms with Crippen molar-refractivity contribution in [1.82, 2.24) is 0 Å². The van der Waals surface area contributed by atoms with Crippen LogP contribution in [0.1, 0.15) is 0 Å². The predicted molar refractivity (Wildman–Crippen MR) is 13.7 cm³/mol. The monoisotopic (exact) mass is 77.0 g/mol. The minimum absolute atomic E-state index is 0.750. The predicted octanol–water partition coefficient (Wildman–Crippen LogP) is -0.0816. The summed E-state index contributed by atoms with van der Waals surface area (Å²) in [5.74, 6) is 0. The van der Waals surface area contributed by atoms with Crippen LogP contribution < -0.4 is 0 Å². The molecule has 0 aliphatic heterocycles. The van der Waals surface area contributed by atoms with Gasteiger partial charge in [-0.15, -0.1) is 0 Å². The first-order valence-electron chi connectivity index (χ1n) is 0.654. The third kappa shape index (κ3) is 11.4. The summed E-state index contributed by atoms with van der Waals surface area (Å²) in [6.07, 6.45) is 0.750. The molecule has 0 unspecified atom stereocenters. The van der Waals surface area contributed by atoms with E-state index < -0.39 is 0 Å². The van der Waals surface area contributed by atoms with Crippen LogP contribution in [-0.2, 0) is 4.79 Å². The number of nitrogens with one attached hydrogen (secondary N) is 1. The van der Waals surface area contributed by atoms with Gasteiger partial charge in [-0.25, -0.2) is 10.2 Å². The van der Waals surface area contributed by atoms with Crippen molar-refractivity contribution >= 4 is 6.08 Å². The second kappa shape index (κ2) is 194. The molecule has 0 aromatic rings. The van der Waals surface area contributed by atoms with Gasteiger partial charge in [0.05, 0.1) is 0 Å². The van der Waals surface area contributed by atoms with E-state index in [0.29, 0.717) is 0 Å². The zero-order chi connectivity index (χ0) is 4.71. The van der Waals surface area contributed by atoms with Crippen molar-refractivity contribution in [3.8, 4) is 0 Å². The lowest BCUT2D eigenvalue weighted by Crippen LogP contribution is -1.29. The van der Waals surface area contributed by atoms with E-state index in [2.05, 4.69) is 0 Å². The molecule has 0 atom stereocenters. The van der Waals surface area contributed by atoms with Crippen molar-refractivity contribution in [2.75, 3.05) is 0 Å². The first kappa shape index (κ1) is 8.85. The topological polar surface area (TPSA) is 81.4 Å². The zero-order valence-electron chi connectivity index (χ0n) is 2.30. The number of hydrogen-bond donors (Lipinski definition) is 3. The summed E-state index contributed by atoms with van der Waals surface area (Å²) in [6, 6.07) is 0. The summed E-state index contributed by atoms with van der Waals surface area (Å²) < 4.78 is 0. The maximum Gasteiger partial charge on any atom is 0.231 e. The summed E-state index contributed by atoms with van der Waals surface area (Å²) in [7, 11) is 0. The van der Waals surface area contributed by atoms with E-state index in [1.165, 1.54) is 0 Å². The number of isocyanates is 1. The molecule has 0 rings (SSSR count). The molecule has 0 aliphatic rings. The Labute approximate surface area is 28.1 Å². The third-order valence-electron chi connectivity index (χ3n) is 0. The fourth-order valence-corrected chi connectivity index (χ4v) is 0. The highest BCUT2D eigenvalue weighted by Crippen LogP contribution is 0.868. The van der Waals surface area contributed by atoms with Gasteiger partial charge in [0.15, 0.2) is 0 Å². The molecule has 0 heterocycles. The van der Waals surface area contributed by atoms with Gasteiger partial charge in [-0.1, -0.05) is 0 Å². The molecular weight excluding hydrogens is 74.0 g/mol. The van der Waals surface area contributed by atoms with Gasteiger partial charge >= 0.3 is 0 Å². The molecule has 0 radical (unpaired) electrons. The molecule has 4 nitrogen and oxygen atoms in total. The summed E-state index contributed by atoms with van der Waals surface area (Å²) >= 11 is 0. The highest BCUT2D eigenvalue weighted by atomic mass is 17.0. The standard InChI is InChI=1S/CHNO.H2O2/c2-1-3;1-2/h2H;1-2H. The Morgan fingerprint density at radius 1 is 1.60 bits per heavy atom. The van der Waals surface area contributed by atoms with Crippen molar-refractivity contribution < 1.29 is 15.3 Å². The average Bonchev–Trinajstić information content (AvgIpc) is 1.46. The van der Waals surface area contributed by atoms with E-state index in [0.717, 1.165) is 6.08 Å². The van der Waals surface area contributed by atoms with Crippen LogP contribution in [0.2, 0.25) is 0 Å². The smallest absolute Gasteiger partial charge is 0.231 e. The van der Waals surface area contributed by atoms with Crippen molar-refractivity contribution in [2.24, 2.45) is 0 Å². The van der Waals surface area contributed by atoms with Crippen molar-refractivity contribution in [3.05, 3.63) is 0 Å². The van der Waals surface area contributed by atoms with Crippen LogP contribution in [0.4, 0.5) is 0 Å². The van der Waals surface area contributed by atoms with Gasteiger partial charge in [0, 0.05) is 0 Å². The van der Waals surface area contributed by atoms with Gasteiger partial charge in [-0.3, -0.25) is 10.5 Å². The molecule has 0 aromatic heterocycles. The summed E-state index contributed by atoms with van der Waals surface area (Å²) in [6.45, 7) is 0. The minimum atomic E-state index is 0.750. The molecule has 0 saturated heterocycles. The molecular formula is CH3NO3. The van der Waals surface area contributed by atoms with Crippen molar-refractivity contribution in [3.63, 3.8) is 0 Å². The molecule has 0 bridgehead atoms. The van der Waals surface area contributed by atoms with E-state index in [-0.39, 0.29) is 0 Å². The van der Waals surface area contributed by atoms with Gasteiger partial charge in [0.25, 0.3) is 0 Å². The molecule has 0 saturated carbocycles. The average molecular weight is 77.0 g/mol. The van der Waals surface area contributed by atoms with Crippen molar-refractivity contribution in [2.45, 2.75) is 0 Å². The fourth-order valence-electron chi connectivity index (χ4n) is 0. The molecule has 0 amide bonds. The van der Waals surface area contributed by atoms with Crippen LogP contribution >= 0.6 is 0 Å². The Hall–Kier alpha value is -0.700. The molecule has 0 spiro atoms. The molecule has 0 aromatic carbocycles. The molecule has 30 valence electrons. The Balaban J connectivity index is 0. The van der Waals surface area contributed by atoms with E-state index in [1.807, 2.05) is 0 Å². The lowest BCUT2D eigenvalue weighted by molar-refractivity contribution is -0.176. The Kier molecular flexibility index (Phi) is 343. The maximum absolute atomic E-state index is 8.35. The van der Waals surface area contributed by atoms with Crippen LogP contribution in [0.5, 0.6) is 0 Å². The second-order valence-electron chi connectivity index (χ2n) is 0.102. The third-order valence-corrected chi connectivity index (χ3v) is 0. The van der Waals surface area contributed by atoms with E-state index in [1.54, 1.807) is 0 Å². The first-order valence-corrected chi connectivity index (χ1v) is 0.654. The van der Waals surface area contributed by atoms with E-state index in [9.17, 15) is 0 Å². The van der Waals surface area contributed by atoms with Gasteiger partial charge in [0.2, 0.25) is 6.08 Å².